The van der Waals surface area contributed by atoms with Gasteiger partial charge in [-0.05, 0) is 44.0 Å². The quantitative estimate of drug-likeness (QED) is 0.872. The fourth-order valence-corrected chi connectivity index (χ4v) is 2.80. The first-order chi connectivity index (χ1) is 8.13. The maximum absolute atomic E-state index is 13.9. The second kappa shape index (κ2) is 4.98. The van der Waals surface area contributed by atoms with Gasteiger partial charge < -0.3 is 5.32 Å². The van der Waals surface area contributed by atoms with E-state index in [0.717, 1.165) is 11.1 Å². The van der Waals surface area contributed by atoms with Crippen molar-refractivity contribution in [2.24, 2.45) is 0 Å². The van der Waals surface area contributed by atoms with Crippen LogP contribution in [0.2, 0.25) is 0 Å². The standard InChI is InChI=1S/C14H16FNS/c1-9-4-5-13(15)12(8-9)14(16-3)11-6-7-17-10(11)2/h4-8,14,16H,1-3H3. The molecule has 2 aromatic rings. The minimum Gasteiger partial charge on any atom is -0.309 e. The first-order valence-corrected chi connectivity index (χ1v) is 6.48. The average molecular weight is 249 g/mol. The van der Waals surface area contributed by atoms with E-state index in [1.807, 2.05) is 25.4 Å². The molecule has 1 aromatic carbocycles. The summed E-state index contributed by atoms with van der Waals surface area (Å²) in [5.74, 6) is -0.152. The summed E-state index contributed by atoms with van der Waals surface area (Å²) in [7, 11) is 1.86. The Morgan fingerprint density at radius 2 is 1.94 bits per heavy atom. The van der Waals surface area contributed by atoms with Crippen LogP contribution in [0.1, 0.15) is 27.6 Å². The van der Waals surface area contributed by atoms with Gasteiger partial charge in [0.1, 0.15) is 5.82 Å². The van der Waals surface area contributed by atoms with Crippen molar-refractivity contribution in [1.29, 1.82) is 0 Å². The van der Waals surface area contributed by atoms with Crippen LogP contribution >= 0.6 is 11.3 Å². The van der Waals surface area contributed by atoms with Gasteiger partial charge in [-0.15, -0.1) is 11.3 Å². The molecule has 0 radical (unpaired) electrons. The van der Waals surface area contributed by atoms with E-state index in [1.54, 1.807) is 17.4 Å². The molecule has 90 valence electrons. The molecule has 0 amide bonds. The molecule has 0 aliphatic heterocycles. The Morgan fingerprint density at radius 1 is 1.18 bits per heavy atom. The maximum atomic E-state index is 13.9. The van der Waals surface area contributed by atoms with Gasteiger partial charge >= 0.3 is 0 Å². The van der Waals surface area contributed by atoms with E-state index >= 15 is 0 Å². The Morgan fingerprint density at radius 3 is 2.53 bits per heavy atom. The van der Waals surface area contributed by atoms with Crippen LogP contribution in [0.4, 0.5) is 4.39 Å². The minimum absolute atomic E-state index is 0.0684. The molecule has 1 aromatic heterocycles. The first-order valence-electron chi connectivity index (χ1n) is 5.60. The van der Waals surface area contributed by atoms with E-state index in [4.69, 9.17) is 0 Å². The summed E-state index contributed by atoms with van der Waals surface area (Å²) in [6.07, 6.45) is 0. The minimum atomic E-state index is -0.152. The van der Waals surface area contributed by atoms with Crippen molar-refractivity contribution in [3.63, 3.8) is 0 Å². The topological polar surface area (TPSA) is 12.0 Å². The summed E-state index contributed by atoms with van der Waals surface area (Å²) >= 11 is 1.69. The van der Waals surface area contributed by atoms with Crippen molar-refractivity contribution in [2.45, 2.75) is 19.9 Å². The number of benzene rings is 1. The second-order valence-electron chi connectivity index (χ2n) is 4.18. The fourth-order valence-electron chi connectivity index (χ4n) is 2.06. The predicted octanol–water partition coefficient (Wildman–Crippen LogP) is 3.81. The van der Waals surface area contributed by atoms with Crippen LogP contribution in [0.15, 0.2) is 29.6 Å². The zero-order chi connectivity index (χ0) is 12.4. The lowest BCUT2D eigenvalue weighted by atomic mass is 9.97. The third-order valence-corrected chi connectivity index (χ3v) is 3.82. The van der Waals surface area contributed by atoms with Gasteiger partial charge in [-0.3, -0.25) is 0 Å². The molecule has 1 unspecified atom stereocenters. The summed E-state index contributed by atoms with van der Waals surface area (Å²) in [4.78, 5) is 1.23. The van der Waals surface area contributed by atoms with Gasteiger partial charge in [0.15, 0.2) is 0 Å². The van der Waals surface area contributed by atoms with Crippen molar-refractivity contribution in [2.75, 3.05) is 7.05 Å². The highest BCUT2D eigenvalue weighted by molar-refractivity contribution is 7.10. The lowest BCUT2D eigenvalue weighted by Gasteiger charge is -2.18. The van der Waals surface area contributed by atoms with Crippen molar-refractivity contribution >= 4 is 11.3 Å². The van der Waals surface area contributed by atoms with Gasteiger partial charge in [-0.1, -0.05) is 17.7 Å². The van der Waals surface area contributed by atoms with E-state index < -0.39 is 0 Å². The van der Waals surface area contributed by atoms with E-state index in [0.29, 0.717) is 5.56 Å². The number of thiophene rings is 1. The Kier molecular flexibility index (Phi) is 3.60. The lowest BCUT2D eigenvalue weighted by Crippen LogP contribution is -2.19. The largest absolute Gasteiger partial charge is 0.309 e. The molecule has 1 atom stereocenters. The summed E-state index contributed by atoms with van der Waals surface area (Å²) in [6.45, 7) is 4.05. The normalized spacial score (nSPS) is 12.7. The zero-order valence-corrected chi connectivity index (χ0v) is 11.1. The van der Waals surface area contributed by atoms with Crippen LogP contribution in [0.3, 0.4) is 0 Å². The fraction of sp³-hybridized carbons (Fsp3) is 0.286. The summed E-state index contributed by atoms with van der Waals surface area (Å²) in [6, 6.07) is 7.24. The van der Waals surface area contributed by atoms with Gasteiger partial charge in [-0.25, -0.2) is 4.39 Å². The van der Waals surface area contributed by atoms with Gasteiger partial charge in [0, 0.05) is 10.4 Å². The lowest BCUT2D eigenvalue weighted by molar-refractivity contribution is 0.575. The summed E-state index contributed by atoms with van der Waals surface area (Å²) in [5, 5.41) is 5.24. The smallest absolute Gasteiger partial charge is 0.128 e. The molecule has 0 fully saturated rings. The first kappa shape index (κ1) is 12.3. The second-order valence-corrected chi connectivity index (χ2v) is 5.30. The summed E-state index contributed by atoms with van der Waals surface area (Å²) in [5.41, 5.74) is 2.95. The highest BCUT2D eigenvalue weighted by atomic mass is 32.1. The molecule has 0 bridgehead atoms. The van der Waals surface area contributed by atoms with Gasteiger partial charge in [-0.2, -0.15) is 0 Å². The number of hydrogen-bond acceptors (Lipinski definition) is 2. The molecule has 2 rings (SSSR count). The molecule has 1 heterocycles. The third-order valence-electron chi connectivity index (χ3n) is 2.96. The van der Waals surface area contributed by atoms with Crippen molar-refractivity contribution in [3.05, 3.63) is 57.0 Å². The number of halogens is 1. The summed E-state index contributed by atoms with van der Waals surface area (Å²) < 4.78 is 13.9. The van der Waals surface area contributed by atoms with Gasteiger partial charge in [0.2, 0.25) is 0 Å². The highest BCUT2D eigenvalue weighted by Crippen LogP contribution is 2.29. The molecule has 0 aliphatic carbocycles. The molecule has 3 heteroatoms. The van der Waals surface area contributed by atoms with Gasteiger partial charge in [0.05, 0.1) is 6.04 Å². The Labute approximate surface area is 105 Å². The van der Waals surface area contributed by atoms with Crippen LogP contribution in [0.5, 0.6) is 0 Å². The van der Waals surface area contributed by atoms with Crippen LogP contribution in [0.25, 0.3) is 0 Å². The van der Waals surface area contributed by atoms with E-state index in [9.17, 15) is 4.39 Å². The number of hydrogen-bond donors (Lipinski definition) is 1. The van der Waals surface area contributed by atoms with Crippen LogP contribution in [0, 0.1) is 19.7 Å². The van der Waals surface area contributed by atoms with E-state index in [1.165, 1.54) is 10.9 Å². The molecule has 0 saturated heterocycles. The van der Waals surface area contributed by atoms with E-state index in [2.05, 4.69) is 18.3 Å². The third kappa shape index (κ3) is 2.40. The zero-order valence-electron chi connectivity index (χ0n) is 10.3. The Bertz CT molecular complexity index is 519. The molecule has 1 nitrogen and oxygen atoms in total. The Balaban J connectivity index is 2.49. The SMILES string of the molecule is CNC(c1cc(C)ccc1F)c1ccsc1C. The highest BCUT2D eigenvalue weighted by Gasteiger charge is 2.18. The monoisotopic (exact) mass is 249 g/mol. The van der Waals surface area contributed by atoms with Crippen molar-refractivity contribution in [1.82, 2.24) is 5.32 Å². The molecular formula is C14H16FNS. The Hall–Kier alpha value is -1.19. The molecule has 1 N–H and O–H groups in total. The molecule has 0 saturated carbocycles. The van der Waals surface area contributed by atoms with Crippen molar-refractivity contribution in [3.8, 4) is 0 Å². The molecular weight excluding hydrogens is 233 g/mol. The number of aryl methyl sites for hydroxylation is 2. The van der Waals surface area contributed by atoms with Crippen LogP contribution in [-0.2, 0) is 0 Å². The maximum Gasteiger partial charge on any atom is 0.128 e. The number of nitrogens with one attached hydrogen (secondary N) is 1. The predicted molar refractivity (Wildman–Crippen MR) is 71.1 cm³/mol. The number of rotatable bonds is 3. The molecule has 0 aliphatic rings. The van der Waals surface area contributed by atoms with Gasteiger partial charge in [0.25, 0.3) is 0 Å². The van der Waals surface area contributed by atoms with Crippen molar-refractivity contribution < 1.29 is 4.39 Å². The average Bonchev–Trinajstić information content (AvgIpc) is 2.71. The molecule has 17 heavy (non-hydrogen) atoms. The molecule has 0 spiro atoms. The van der Waals surface area contributed by atoms with Crippen LogP contribution in [-0.4, -0.2) is 7.05 Å². The van der Waals surface area contributed by atoms with E-state index in [-0.39, 0.29) is 11.9 Å². The van der Waals surface area contributed by atoms with Crippen LogP contribution < -0.4 is 5.32 Å².